The van der Waals surface area contributed by atoms with Crippen molar-refractivity contribution < 1.29 is 4.79 Å². The number of amides is 1. The Morgan fingerprint density at radius 1 is 1.21 bits per heavy atom. The highest BCUT2D eigenvalue weighted by Crippen LogP contribution is 2.27. The Balaban J connectivity index is 1.48. The van der Waals surface area contributed by atoms with Gasteiger partial charge in [0.15, 0.2) is 0 Å². The van der Waals surface area contributed by atoms with E-state index in [1.807, 2.05) is 36.1 Å². The van der Waals surface area contributed by atoms with E-state index in [1.165, 1.54) is 11.8 Å². The van der Waals surface area contributed by atoms with Gasteiger partial charge >= 0.3 is 0 Å². The monoisotopic (exact) mass is 407 g/mol. The zero-order valence-electron chi connectivity index (χ0n) is 16.2. The molecule has 6 nitrogen and oxygen atoms in total. The van der Waals surface area contributed by atoms with Crippen molar-refractivity contribution in [2.45, 2.75) is 25.7 Å². The number of aryl methyl sites for hydroxylation is 1. The fraction of sp³-hybridized carbons (Fsp3) is 0.273. The van der Waals surface area contributed by atoms with E-state index in [2.05, 4.69) is 21.4 Å². The molecule has 4 rings (SSSR count). The average molecular weight is 408 g/mol. The summed E-state index contributed by atoms with van der Waals surface area (Å²) in [4.78, 5) is 27.8. The summed E-state index contributed by atoms with van der Waals surface area (Å²) in [5.41, 5.74) is 3.63. The lowest BCUT2D eigenvalue weighted by molar-refractivity contribution is 0.0705. The molecule has 29 heavy (non-hydrogen) atoms. The van der Waals surface area contributed by atoms with Gasteiger partial charge in [-0.2, -0.15) is 0 Å². The molecule has 1 fully saturated rings. The van der Waals surface area contributed by atoms with Crippen LogP contribution < -0.4 is 5.32 Å². The van der Waals surface area contributed by atoms with Crippen molar-refractivity contribution in [1.82, 2.24) is 19.9 Å². The van der Waals surface area contributed by atoms with E-state index < -0.39 is 0 Å². The van der Waals surface area contributed by atoms with E-state index in [9.17, 15) is 4.79 Å². The lowest BCUT2D eigenvalue weighted by atomic mass is 9.94. The maximum Gasteiger partial charge on any atom is 0.255 e. The number of carbonyl (C=O) groups excluding carboxylic acids is 1. The van der Waals surface area contributed by atoms with Crippen LogP contribution >= 0.6 is 11.6 Å². The van der Waals surface area contributed by atoms with Crippen LogP contribution in [0.15, 0.2) is 54.9 Å². The summed E-state index contributed by atoms with van der Waals surface area (Å²) >= 11 is 5.83. The number of aromatic nitrogens is 3. The van der Waals surface area contributed by atoms with Gasteiger partial charge in [0.1, 0.15) is 5.15 Å². The summed E-state index contributed by atoms with van der Waals surface area (Å²) in [7, 11) is 0. The van der Waals surface area contributed by atoms with Gasteiger partial charge in [-0.25, -0.2) is 15.0 Å². The van der Waals surface area contributed by atoms with Crippen LogP contribution in [0.4, 0.5) is 11.6 Å². The molecule has 1 unspecified atom stereocenters. The number of rotatable bonds is 4. The van der Waals surface area contributed by atoms with Crippen LogP contribution in [0, 0.1) is 6.92 Å². The van der Waals surface area contributed by atoms with Gasteiger partial charge in [-0.15, -0.1) is 0 Å². The van der Waals surface area contributed by atoms with Crippen molar-refractivity contribution in [2.75, 3.05) is 18.4 Å². The van der Waals surface area contributed by atoms with Crippen LogP contribution in [0.25, 0.3) is 0 Å². The quantitative estimate of drug-likeness (QED) is 0.640. The van der Waals surface area contributed by atoms with E-state index in [-0.39, 0.29) is 11.8 Å². The van der Waals surface area contributed by atoms with E-state index >= 15 is 0 Å². The molecule has 7 heteroatoms. The second kappa shape index (κ2) is 8.57. The molecule has 1 atom stereocenters. The average Bonchev–Trinajstić information content (AvgIpc) is 2.74. The van der Waals surface area contributed by atoms with Crippen molar-refractivity contribution in [2.24, 2.45) is 0 Å². The predicted octanol–water partition coefficient (Wildman–Crippen LogP) is 4.60. The fourth-order valence-corrected chi connectivity index (χ4v) is 3.71. The topological polar surface area (TPSA) is 71.0 Å². The summed E-state index contributed by atoms with van der Waals surface area (Å²) < 4.78 is 0. The van der Waals surface area contributed by atoms with Crippen LogP contribution in [0.2, 0.25) is 5.15 Å². The second-order valence-electron chi connectivity index (χ2n) is 7.26. The first-order valence-electron chi connectivity index (χ1n) is 9.66. The summed E-state index contributed by atoms with van der Waals surface area (Å²) in [5.74, 6) is 0.721. The fourth-order valence-electron chi connectivity index (χ4n) is 3.60. The van der Waals surface area contributed by atoms with Gasteiger partial charge in [0, 0.05) is 37.1 Å². The molecule has 1 N–H and O–H groups in total. The Bertz CT molecular complexity index is 1010. The first kappa shape index (κ1) is 19.3. The zero-order valence-corrected chi connectivity index (χ0v) is 16.9. The molecule has 1 aliphatic heterocycles. The summed E-state index contributed by atoms with van der Waals surface area (Å²) in [6.45, 7) is 3.41. The number of carbonyl (C=O) groups is 1. The zero-order chi connectivity index (χ0) is 20.2. The second-order valence-corrected chi connectivity index (χ2v) is 7.65. The molecule has 1 aliphatic rings. The van der Waals surface area contributed by atoms with E-state index in [0.717, 1.165) is 30.8 Å². The normalized spacial score (nSPS) is 16.5. The van der Waals surface area contributed by atoms with Crippen LogP contribution in [0.3, 0.4) is 0 Å². The van der Waals surface area contributed by atoms with Crippen molar-refractivity contribution in [3.63, 3.8) is 0 Å². The molecular formula is C22H22ClN5O. The van der Waals surface area contributed by atoms with Crippen molar-refractivity contribution >= 4 is 29.1 Å². The minimum absolute atomic E-state index is 0.0222. The number of anilines is 2. The number of halogens is 1. The number of likely N-dealkylation sites (tertiary alicyclic amines) is 1. The first-order valence-corrected chi connectivity index (χ1v) is 10.0. The van der Waals surface area contributed by atoms with Crippen molar-refractivity contribution in [3.05, 3.63) is 76.8 Å². The van der Waals surface area contributed by atoms with Gasteiger partial charge in [0.2, 0.25) is 5.95 Å². The van der Waals surface area contributed by atoms with Gasteiger partial charge in [-0.3, -0.25) is 4.79 Å². The van der Waals surface area contributed by atoms with Crippen molar-refractivity contribution in [3.8, 4) is 0 Å². The molecule has 3 aromatic rings. The highest BCUT2D eigenvalue weighted by atomic mass is 35.5. The molecule has 1 saturated heterocycles. The lowest BCUT2D eigenvalue weighted by Crippen LogP contribution is -2.39. The molecule has 2 aromatic heterocycles. The summed E-state index contributed by atoms with van der Waals surface area (Å²) in [6, 6.07) is 13.4. The van der Waals surface area contributed by atoms with Crippen molar-refractivity contribution in [1.29, 1.82) is 0 Å². The molecule has 1 amide bonds. The highest BCUT2D eigenvalue weighted by molar-refractivity contribution is 6.29. The van der Waals surface area contributed by atoms with E-state index in [1.54, 1.807) is 18.3 Å². The first-order chi connectivity index (χ1) is 14.1. The third-order valence-electron chi connectivity index (χ3n) is 5.05. The van der Waals surface area contributed by atoms with E-state index in [4.69, 9.17) is 16.6 Å². The molecule has 0 radical (unpaired) electrons. The minimum atomic E-state index is -0.0222. The SMILES string of the molecule is Cc1cccc(Nc2nccc(C3CCCN(C(=O)c4ccc(Cl)nc4)C3)n2)c1. The standard InChI is InChI=1S/C22H22ClN5O/c1-15-4-2-6-18(12-15)26-22-24-10-9-19(27-22)17-5-3-11-28(14-17)21(29)16-7-8-20(23)25-13-16/h2,4,6-10,12-13,17H,3,5,11,14H2,1H3,(H,24,26,27). The number of benzene rings is 1. The number of nitrogens with one attached hydrogen (secondary N) is 1. The number of nitrogens with zero attached hydrogens (tertiary/aromatic N) is 4. The van der Waals surface area contributed by atoms with Gasteiger partial charge < -0.3 is 10.2 Å². The Hall–Kier alpha value is -2.99. The molecule has 0 spiro atoms. The molecule has 148 valence electrons. The molecule has 0 saturated carbocycles. The lowest BCUT2D eigenvalue weighted by Gasteiger charge is -2.32. The Kier molecular flexibility index (Phi) is 5.71. The number of hydrogen-bond acceptors (Lipinski definition) is 5. The molecule has 0 bridgehead atoms. The largest absolute Gasteiger partial charge is 0.338 e. The maximum absolute atomic E-state index is 12.8. The van der Waals surface area contributed by atoms with Gasteiger partial charge in [-0.05, 0) is 55.7 Å². The number of hydrogen-bond donors (Lipinski definition) is 1. The third-order valence-corrected chi connectivity index (χ3v) is 5.28. The smallest absolute Gasteiger partial charge is 0.255 e. The number of piperidine rings is 1. The Morgan fingerprint density at radius 3 is 2.90 bits per heavy atom. The van der Waals surface area contributed by atoms with Crippen LogP contribution in [0.1, 0.15) is 40.4 Å². The minimum Gasteiger partial charge on any atom is -0.338 e. The van der Waals surface area contributed by atoms with E-state index in [0.29, 0.717) is 23.2 Å². The van der Waals surface area contributed by atoms with Crippen LogP contribution in [-0.2, 0) is 0 Å². The molecule has 0 aliphatic carbocycles. The van der Waals surface area contributed by atoms with Gasteiger partial charge in [0.25, 0.3) is 5.91 Å². The van der Waals surface area contributed by atoms with Gasteiger partial charge in [0.05, 0.1) is 11.3 Å². The maximum atomic E-state index is 12.8. The summed E-state index contributed by atoms with van der Waals surface area (Å²) in [6.07, 6.45) is 5.22. The number of pyridine rings is 1. The molecule has 1 aromatic carbocycles. The predicted molar refractivity (Wildman–Crippen MR) is 114 cm³/mol. The van der Waals surface area contributed by atoms with Crippen LogP contribution in [-0.4, -0.2) is 38.8 Å². The van der Waals surface area contributed by atoms with Gasteiger partial charge in [-0.1, -0.05) is 23.7 Å². The third kappa shape index (κ3) is 4.71. The highest BCUT2D eigenvalue weighted by Gasteiger charge is 2.26. The molecular weight excluding hydrogens is 386 g/mol. The van der Waals surface area contributed by atoms with Crippen LogP contribution in [0.5, 0.6) is 0 Å². The Morgan fingerprint density at radius 2 is 2.10 bits per heavy atom. The summed E-state index contributed by atoms with van der Waals surface area (Å²) in [5, 5.41) is 3.65. The molecule has 3 heterocycles. The Labute approximate surface area is 175 Å².